The van der Waals surface area contributed by atoms with Crippen LogP contribution in [0, 0.1) is 0 Å². The molecule has 1 amide bonds. The molecule has 0 fully saturated rings. The van der Waals surface area contributed by atoms with Gasteiger partial charge < -0.3 is 30.7 Å². The number of aliphatic hydroxyl groups is 2. The summed E-state index contributed by atoms with van der Waals surface area (Å²) in [6, 6.07) is 22.8. The topological polar surface area (TPSA) is 114 Å². The monoisotopic (exact) mass is 434 g/mol. The van der Waals surface area contributed by atoms with Crippen molar-refractivity contribution in [2.45, 2.75) is 12.2 Å². The van der Waals surface area contributed by atoms with Gasteiger partial charge in [-0.1, -0.05) is 48.5 Å². The number of nitrogens with two attached hydrogens (primary N) is 1. The molecule has 2 atom stereocenters. The Balaban J connectivity index is 1.83. The summed E-state index contributed by atoms with van der Waals surface area (Å²) in [6.45, 7) is -0.0677. The SMILES string of the molecule is Nc1ccccc1NC(=O)/C=C/[C@@H](Oc1ccccc1)[C@H](O)c1ccccc1OCCO. The van der Waals surface area contributed by atoms with Gasteiger partial charge in [0, 0.05) is 11.6 Å². The van der Waals surface area contributed by atoms with Gasteiger partial charge in [0.2, 0.25) is 5.91 Å². The zero-order chi connectivity index (χ0) is 22.8. The number of carbonyl (C=O) groups excluding carboxylic acids is 1. The maximum Gasteiger partial charge on any atom is 0.248 e. The maximum absolute atomic E-state index is 12.4. The number of nitrogens with one attached hydrogen (secondary N) is 1. The van der Waals surface area contributed by atoms with Crippen LogP contribution in [0.2, 0.25) is 0 Å². The second kappa shape index (κ2) is 11.5. The van der Waals surface area contributed by atoms with E-state index < -0.39 is 18.1 Å². The summed E-state index contributed by atoms with van der Waals surface area (Å²) in [5.41, 5.74) is 7.28. The molecule has 0 saturated carbocycles. The molecule has 0 aliphatic heterocycles. The van der Waals surface area contributed by atoms with E-state index in [1.54, 1.807) is 60.7 Å². The van der Waals surface area contributed by atoms with Crippen molar-refractivity contribution in [2.24, 2.45) is 0 Å². The molecule has 0 saturated heterocycles. The molecule has 0 aromatic heterocycles. The van der Waals surface area contributed by atoms with Gasteiger partial charge in [-0.2, -0.15) is 0 Å². The second-order valence-corrected chi connectivity index (χ2v) is 6.89. The van der Waals surface area contributed by atoms with E-state index in [2.05, 4.69) is 5.32 Å². The summed E-state index contributed by atoms with van der Waals surface area (Å²) in [5.74, 6) is 0.537. The zero-order valence-electron chi connectivity index (χ0n) is 17.4. The molecule has 0 heterocycles. The van der Waals surface area contributed by atoms with Crippen LogP contribution in [0.3, 0.4) is 0 Å². The fraction of sp³-hybridized carbons (Fsp3) is 0.160. The molecule has 166 valence electrons. The minimum Gasteiger partial charge on any atom is -0.491 e. The number of benzene rings is 3. The number of anilines is 2. The van der Waals surface area contributed by atoms with Crippen LogP contribution >= 0.6 is 0 Å². The molecular weight excluding hydrogens is 408 g/mol. The lowest BCUT2D eigenvalue weighted by Gasteiger charge is -2.23. The zero-order valence-corrected chi connectivity index (χ0v) is 17.4. The van der Waals surface area contributed by atoms with Crippen molar-refractivity contribution in [1.82, 2.24) is 0 Å². The fourth-order valence-electron chi connectivity index (χ4n) is 3.02. The molecule has 0 bridgehead atoms. The molecule has 0 radical (unpaired) electrons. The van der Waals surface area contributed by atoms with Gasteiger partial charge in [0.25, 0.3) is 0 Å². The van der Waals surface area contributed by atoms with Crippen LogP contribution < -0.4 is 20.5 Å². The highest BCUT2D eigenvalue weighted by molar-refractivity contribution is 6.01. The Bertz CT molecular complexity index is 1040. The van der Waals surface area contributed by atoms with E-state index in [0.29, 0.717) is 28.4 Å². The molecule has 0 aliphatic carbocycles. The summed E-state index contributed by atoms with van der Waals surface area (Å²) < 4.78 is 11.5. The third-order valence-corrected chi connectivity index (χ3v) is 4.57. The summed E-state index contributed by atoms with van der Waals surface area (Å²) in [4.78, 5) is 12.4. The minimum atomic E-state index is -1.14. The van der Waals surface area contributed by atoms with Crippen molar-refractivity contribution in [3.8, 4) is 11.5 Å². The van der Waals surface area contributed by atoms with Gasteiger partial charge >= 0.3 is 0 Å². The van der Waals surface area contributed by atoms with Gasteiger partial charge in [-0.15, -0.1) is 0 Å². The predicted molar refractivity (Wildman–Crippen MR) is 123 cm³/mol. The Kier molecular flexibility index (Phi) is 8.25. The highest BCUT2D eigenvalue weighted by Crippen LogP contribution is 2.30. The van der Waals surface area contributed by atoms with Crippen LogP contribution in [0.1, 0.15) is 11.7 Å². The Morgan fingerprint density at radius 2 is 1.69 bits per heavy atom. The number of hydrogen-bond acceptors (Lipinski definition) is 6. The molecule has 3 rings (SSSR count). The van der Waals surface area contributed by atoms with Crippen LogP contribution in [0.5, 0.6) is 11.5 Å². The first kappa shape index (κ1) is 22.9. The molecule has 0 unspecified atom stereocenters. The molecule has 0 spiro atoms. The lowest BCUT2D eigenvalue weighted by molar-refractivity contribution is -0.112. The lowest BCUT2D eigenvalue weighted by Crippen LogP contribution is -2.24. The highest BCUT2D eigenvalue weighted by atomic mass is 16.5. The molecule has 7 heteroatoms. The number of para-hydroxylation sites is 4. The quantitative estimate of drug-likeness (QED) is 0.288. The Hall–Kier alpha value is -3.81. The van der Waals surface area contributed by atoms with E-state index >= 15 is 0 Å². The number of hydrogen-bond donors (Lipinski definition) is 4. The lowest BCUT2D eigenvalue weighted by atomic mass is 10.0. The third kappa shape index (κ3) is 6.34. The summed E-state index contributed by atoms with van der Waals surface area (Å²) >= 11 is 0. The van der Waals surface area contributed by atoms with E-state index in [9.17, 15) is 9.90 Å². The van der Waals surface area contributed by atoms with Crippen LogP contribution in [0.4, 0.5) is 11.4 Å². The van der Waals surface area contributed by atoms with Crippen molar-refractivity contribution >= 4 is 17.3 Å². The Morgan fingerprint density at radius 1 is 1.00 bits per heavy atom. The Morgan fingerprint density at radius 3 is 2.44 bits per heavy atom. The van der Waals surface area contributed by atoms with E-state index in [0.717, 1.165) is 0 Å². The smallest absolute Gasteiger partial charge is 0.248 e. The average molecular weight is 434 g/mol. The molecule has 32 heavy (non-hydrogen) atoms. The van der Waals surface area contributed by atoms with Gasteiger partial charge in [0.15, 0.2) is 0 Å². The number of amides is 1. The van der Waals surface area contributed by atoms with Crippen molar-refractivity contribution < 1.29 is 24.5 Å². The van der Waals surface area contributed by atoms with Crippen molar-refractivity contribution in [1.29, 1.82) is 0 Å². The third-order valence-electron chi connectivity index (χ3n) is 4.57. The van der Waals surface area contributed by atoms with Crippen LogP contribution in [0.15, 0.2) is 91.0 Å². The number of rotatable bonds is 10. The molecular formula is C25H26N2O5. The molecule has 7 nitrogen and oxygen atoms in total. The van der Waals surface area contributed by atoms with E-state index in [-0.39, 0.29) is 13.2 Å². The first-order valence-corrected chi connectivity index (χ1v) is 10.1. The van der Waals surface area contributed by atoms with Crippen molar-refractivity contribution in [3.05, 3.63) is 96.6 Å². The first-order valence-electron chi connectivity index (χ1n) is 10.1. The van der Waals surface area contributed by atoms with Crippen molar-refractivity contribution in [3.63, 3.8) is 0 Å². The Labute approximate surface area is 186 Å². The fourth-order valence-corrected chi connectivity index (χ4v) is 3.02. The van der Waals surface area contributed by atoms with E-state index in [4.69, 9.17) is 20.3 Å². The van der Waals surface area contributed by atoms with Crippen LogP contribution in [-0.4, -0.2) is 35.4 Å². The highest BCUT2D eigenvalue weighted by Gasteiger charge is 2.24. The minimum absolute atomic E-state index is 0.0880. The normalized spacial score (nSPS) is 12.8. The van der Waals surface area contributed by atoms with Gasteiger partial charge in [-0.05, 0) is 36.4 Å². The molecule has 5 N–H and O–H groups in total. The van der Waals surface area contributed by atoms with Gasteiger partial charge in [0.1, 0.15) is 30.3 Å². The number of ether oxygens (including phenoxy) is 2. The maximum atomic E-state index is 12.4. The molecule has 3 aromatic carbocycles. The largest absolute Gasteiger partial charge is 0.491 e. The second-order valence-electron chi connectivity index (χ2n) is 6.89. The van der Waals surface area contributed by atoms with E-state index in [1.165, 1.54) is 12.2 Å². The number of aliphatic hydroxyl groups excluding tert-OH is 2. The predicted octanol–water partition coefficient (Wildman–Crippen LogP) is 3.32. The van der Waals surface area contributed by atoms with Gasteiger partial charge in [-0.3, -0.25) is 4.79 Å². The first-order chi connectivity index (χ1) is 15.6. The van der Waals surface area contributed by atoms with Gasteiger partial charge in [0.05, 0.1) is 18.0 Å². The van der Waals surface area contributed by atoms with Crippen LogP contribution in [-0.2, 0) is 4.79 Å². The summed E-state index contributed by atoms with van der Waals surface area (Å²) in [6.07, 6.45) is 0.737. The van der Waals surface area contributed by atoms with Gasteiger partial charge in [-0.25, -0.2) is 0 Å². The standard InChI is InChI=1S/C25H26N2O5/c26-20-11-5-6-12-21(20)27-24(29)15-14-23(32-18-8-2-1-3-9-18)25(30)19-10-4-7-13-22(19)31-17-16-28/h1-15,23,25,28,30H,16-17,26H2,(H,27,29)/b15-14+/t23-,25-/m1/s1. The number of nitrogen functional groups attached to an aromatic ring is 1. The summed E-state index contributed by atoms with van der Waals surface area (Å²) in [7, 11) is 0. The summed E-state index contributed by atoms with van der Waals surface area (Å²) in [5, 5.41) is 22.9. The average Bonchev–Trinajstić information content (AvgIpc) is 2.82. The number of carbonyl (C=O) groups is 1. The molecule has 3 aromatic rings. The van der Waals surface area contributed by atoms with Crippen molar-refractivity contribution in [2.75, 3.05) is 24.3 Å². The molecule has 0 aliphatic rings. The van der Waals surface area contributed by atoms with Crippen LogP contribution in [0.25, 0.3) is 0 Å². The van der Waals surface area contributed by atoms with E-state index in [1.807, 2.05) is 18.2 Å².